The molecule has 1 aromatic carbocycles. The van der Waals surface area contributed by atoms with Crippen molar-refractivity contribution >= 4 is 16.9 Å². The second-order valence-corrected chi connectivity index (χ2v) is 5.42. The van der Waals surface area contributed by atoms with Crippen LogP contribution >= 0.6 is 0 Å². The largest absolute Gasteiger partial charge is 0.492 e. The highest BCUT2D eigenvalue weighted by molar-refractivity contribution is 6.01. The van der Waals surface area contributed by atoms with Crippen molar-refractivity contribution in [3.8, 4) is 5.75 Å². The number of rotatable bonds is 4. The Morgan fingerprint density at radius 1 is 1.35 bits per heavy atom. The average Bonchev–Trinajstić information content (AvgIpc) is 3.03. The Bertz CT molecular complexity index is 877. The van der Waals surface area contributed by atoms with Crippen LogP contribution in [-0.2, 0) is 13.6 Å². The molecule has 23 heavy (non-hydrogen) atoms. The van der Waals surface area contributed by atoms with E-state index in [1.807, 2.05) is 45.2 Å². The molecule has 0 fully saturated rings. The van der Waals surface area contributed by atoms with Crippen molar-refractivity contribution in [1.29, 1.82) is 0 Å². The van der Waals surface area contributed by atoms with E-state index < -0.39 is 0 Å². The molecule has 2 heterocycles. The Morgan fingerprint density at radius 3 is 2.74 bits per heavy atom. The lowest BCUT2D eigenvalue weighted by molar-refractivity contribution is 0.0921. The van der Waals surface area contributed by atoms with E-state index in [0.717, 1.165) is 22.3 Å². The van der Waals surface area contributed by atoms with Crippen molar-refractivity contribution in [3.05, 3.63) is 47.0 Å². The summed E-state index contributed by atoms with van der Waals surface area (Å²) in [5.41, 5.74) is 3.57. The first-order chi connectivity index (χ1) is 11.0. The Balaban J connectivity index is 1.86. The van der Waals surface area contributed by atoms with Gasteiger partial charge in [-0.3, -0.25) is 9.48 Å². The molecule has 0 aliphatic heterocycles. The lowest BCUT2D eigenvalue weighted by Gasteiger charge is -2.05. The molecule has 0 saturated carbocycles. The maximum absolute atomic E-state index is 12.5. The number of fused-ring (bicyclic) bond motifs is 1. The summed E-state index contributed by atoms with van der Waals surface area (Å²) in [4.78, 5) is 12.5. The fourth-order valence-electron chi connectivity index (χ4n) is 2.70. The predicted octanol–water partition coefficient (Wildman–Crippen LogP) is 2.72. The number of amides is 1. The van der Waals surface area contributed by atoms with Gasteiger partial charge in [0.1, 0.15) is 5.58 Å². The van der Waals surface area contributed by atoms with Gasteiger partial charge in [0, 0.05) is 24.8 Å². The summed E-state index contributed by atoms with van der Waals surface area (Å²) in [6.07, 6.45) is 0. The Hall–Kier alpha value is -2.76. The molecule has 0 bridgehead atoms. The molecule has 1 N–H and O–H groups in total. The van der Waals surface area contributed by atoms with Crippen molar-refractivity contribution in [2.24, 2.45) is 7.05 Å². The molecule has 0 atom stereocenters. The number of hydrogen-bond donors (Lipinski definition) is 1. The topological polar surface area (TPSA) is 69.3 Å². The first kappa shape index (κ1) is 15.1. The van der Waals surface area contributed by atoms with Crippen molar-refractivity contribution < 1.29 is 13.9 Å². The predicted molar refractivity (Wildman–Crippen MR) is 86.6 cm³/mol. The van der Waals surface area contributed by atoms with Crippen molar-refractivity contribution in [2.75, 3.05) is 7.11 Å². The summed E-state index contributed by atoms with van der Waals surface area (Å²) in [6, 6.07) is 7.41. The molecule has 0 saturated heterocycles. The normalized spacial score (nSPS) is 11.0. The third-order valence-electron chi connectivity index (χ3n) is 4.04. The van der Waals surface area contributed by atoms with Gasteiger partial charge in [0.05, 0.1) is 18.2 Å². The molecule has 6 nitrogen and oxygen atoms in total. The smallest absolute Gasteiger partial charge is 0.291 e. The van der Waals surface area contributed by atoms with Crippen molar-refractivity contribution in [2.45, 2.75) is 20.4 Å². The molecule has 0 aliphatic rings. The molecule has 0 aliphatic carbocycles. The fraction of sp³-hybridized carbons (Fsp3) is 0.294. The average molecular weight is 313 g/mol. The minimum absolute atomic E-state index is 0.188. The monoisotopic (exact) mass is 313 g/mol. The molecule has 3 aromatic rings. The Kier molecular flexibility index (Phi) is 3.82. The van der Waals surface area contributed by atoms with Crippen LogP contribution < -0.4 is 10.1 Å². The highest BCUT2D eigenvalue weighted by Gasteiger charge is 2.21. The lowest BCUT2D eigenvalue weighted by Crippen LogP contribution is -2.23. The first-order valence-electron chi connectivity index (χ1n) is 7.35. The van der Waals surface area contributed by atoms with Gasteiger partial charge in [-0.15, -0.1) is 0 Å². The third kappa shape index (κ3) is 2.56. The molecule has 0 spiro atoms. The van der Waals surface area contributed by atoms with Gasteiger partial charge in [0.25, 0.3) is 5.91 Å². The minimum Gasteiger partial charge on any atom is -0.492 e. The van der Waals surface area contributed by atoms with Crippen LogP contribution in [0.1, 0.15) is 27.5 Å². The molecule has 1 amide bonds. The van der Waals surface area contributed by atoms with E-state index in [1.165, 1.54) is 7.11 Å². The van der Waals surface area contributed by atoms with E-state index >= 15 is 0 Å². The number of ether oxygens (including phenoxy) is 1. The standard InChI is InChI=1S/C17H19N3O3/c1-10-13(11(2)20(3)19-10)9-18-17(21)16-15(22-4)12-7-5-6-8-14(12)23-16/h5-8H,9H2,1-4H3,(H,18,21). The maximum Gasteiger partial charge on any atom is 0.291 e. The summed E-state index contributed by atoms with van der Waals surface area (Å²) < 4.78 is 12.8. The maximum atomic E-state index is 12.5. The SMILES string of the molecule is COc1c(C(=O)NCc2c(C)nn(C)c2C)oc2ccccc12. The van der Waals surface area contributed by atoms with Crippen LogP contribution in [0, 0.1) is 13.8 Å². The van der Waals surface area contributed by atoms with E-state index in [4.69, 9.17) is 9.15 Å². The number of hydrogen-bond acceptors (Lipinski definition) is 4. The number of furan rings is 1. The summed E-state index contributed by atoms with van der Waals surface area (Å²) in [5, 5.41) is 8.01. The number of aromatic nitrogens is 2. The quantitative estimate of drug-likeness (QED) is 0.804. The van der Waals surface area contributed by atoms with Gasteiger partial charge in [-0.25, -0.2) is 0 Å². The number of benzene rings is 1. The number of para-hydroxylation sites is 1. The van der Waals surface area contributed by atoms with Gasteiger partial charge in [-0.05, 0) is 26.0 Å². The zero-order valence-corrected chi connectivity index (χ0v) is 13.6. The van der Waals surface area contributed by atoms with Gasteiger partial charge in [0.2, 0.25) is 5.76 Å². The van der Waals surface area contributed by atoms with Crippen LogP contribution in [0.5, 0.6) is 5.75 Å². The highest BCUT2D eigenvalue weighted by atomic mass is 16.5. The summed E-state index contributed by atoms with van der Waals surface area (Å²) in [5.74, 6) is 0.339. The van der Waals surface area contributed by atoms with E-state index in [0.29, 0.717) is 17.9 Å². The van der Waals surface area contributed by atoms with Crippen molar-refractivity contribution in [1.82, 2.24) is 15.1 Å². The Morgan fingerprint density at radius 2 is 2.09 bits per heavy atom. The van der Waals surface area contributed by atoms with Crippen LogP contribution in [0.2, 0.25) is 0 Å². The van der Waals surface area contributed by atoms with Gasteiger partial charge in [0.15, 0.2) is 5.75 Å². The fourth-order valence-corrected chi connectivity index (χ4v) is 2.70. The number of aryl methyl sites for hydroxylation is 2. The highest BCUT2D eigenvalue weighted by Crippen LogP contribution is 2.32. The number of nitrogens with one attached hydrogen (secondary N) is 1. The molecule has 6 heteroatoms. The summed E-state index contributed by atoms with van der Waals surface area (Å²) in [6.45, 7) is 4.30. The third-order valence-corrected chi connectivity index (χ3v) is 4.04. The number of methoxy groups -OCH3 is 1. The summed E-state index contributed by atoms with van der Waals surface area (Å²) >= 11 is 0. The first-order valence-corrected chi connectivity index (χ1v) is 7.35. The molecule has 120 valence electrons. The van der Waals surface area contributed by atoms with E-state index in [-0.39, 0.29) is 11.7 Å². The van der Waals surface area contributed by atoms with Gasteiger partial charge < -0.3 is 14.5 Å². The van der Waals surface area contributed by atoms with Gasteiger partial charge in [-0.2, -0.15) is 5.10 Å². The van der Waals surface area contributed by atoms with Crippen LogP contribution in [-0.4, -0.2) is 22.8 Å². The van der Waals surface area contributed by atoms with Crippen LogP contribution in [0.3, 0.4) is 0 Å². The van der Waals surface area contributed by atoms with E-state index in [1.54, 1.807) is 4.68 Å². The van der Waals surface area contributed by atoms with Crippen LogP contribution in [0.15, 0.2) is 28.7 Å². The van der Waals surface area contributed by atoms with Gasteiger partial charge in [-0.1, -0.05) is 12.1 Å². The lowest BCUT2D eigenvalue weighted by atomic mass is 10.2. The van der Waals surface area contributed by atoms with E-state index in [9.17, 15) is 4.79 Å². The molecule has 3 rings (SSSR count). The summed E-state index contributed by atoms with van der Waals surface area (Å²) in [7, 11) is 3.42. The molecular weight excluding hydrogens is 294 g/mol. The number of carbonyl (C=O) groups excluding carboxylic acids is 1. The van der Waals surface area contributed by atoms with Crippen LogP contribution in [0.4, 0.5) is 0 Å². The van der Waals surface area contributed by atoms with Gasteiger partial charge >= 0.3 is 0 Å². The second-order valence-electron chi connectivity index (χ2n) is 5.42. The minimum atomic E-state index is -0.305. The number of carbonyl (C=O) groups is 1. The van der Waals surface area contributed by atoms with E-state index in [2.05, 4.69) is 10.4 Å². The second kappa shape index (κ2) is 5.79. The molecule has 0 radical (unpaired) electrons. The number of nitrogens with zero attached hydrogens (tertiary/aromatic N) is 2. The Labute approximate surface area is 134 Å². The zero-order chi connectivity index (χ0) is 16.6. The van der Waals surface area contributed by atoms with Crippen molar-refractivity contribution in [3.63, 3.8) is 0 Å². The zero-order valence-electron chi connectivity index (χ0n) is 13.6. The molecule has 0 unspecified atom stereocenters. The molecular formula is C17H19N3O3. The van der Waals surface area contributed by atoms with Crippen LogP contribution in [0.25, 0.3) is 11.0 Å². The molecule has 2 aromatic heterocycles.